The molecule has 0 aromatic heterocycles. The van der Waals surface area contributed by atoms with Crippen molar-refractivity contribution in [3.63, 3.8) is 0 Å². The molecular formula is C15H19NO. The van der Waals surface area contributed by atoms with E-state index < -0.39 is 0 Å². The summed E-state index contributed by atoms with van der Waals surface area (Å²) in [4.78, 5) is 10.1. The fraction of sp³-hybridized carbons (Fsp3) is 0.400. The second kappa shape index (κ2) is 6.22. The molecule has 0 saturated heterocycles. The van der Waals surface area contributed by atoms with E-state index in [1.54, 1.807) is 0 Å². The van der Waals surface area contributed by atoms with E-state index in [9.17, 15) is 4.79 Å². The van der Waals surface area contributed by atoms with Gasteiger partial charge in [-0.15, -0.1) is 0 Å². The van der Waals surface area contributed by atoms with Crippen molar-refractivity contribution in [2.45, 2.75) is 39.3 Å². The summed E-state index contributed by atoms with van der Waals surface area (Å²) < 4.78 is 0. The van der Waals surface area contributed by atoms with Crippen LogP contribution in [0.3, 0.4) is 0 Å². The van der Waals surface area contributed by atoms with Gasteiger partial charge in [0.2, 0.25) is 0 Å². The predicted molar refractivity (Wildman–Crippen MR) is 70.6 cm³/mol. The van der Waals surface area contributed by atoms with E-state index in [0.717, 1.165) is 18.4 Å². The average molecular weight is 229 g/mol. The van der Waals surface area contributed by atoms with E-state index in [0.29, 0.717) is 6.42 Å². The fourth-order valence-corrected chi connectivity index (χ4v) is 1.27. The molecule has 0 aliphatic heterocycles. The SMILES string of the molecule is CC(C)(C)NCc1ccc(C#CCC=O)cc1. The minimum Gasteiger partial charge on any atom is -0.308 e. The van der Waals surface area contributed by atoms with E-state index in [2.05, 4.69) is 50.1 Å². The summed E-state index contributed by atoms with van der Waals surface area (Å²) in [6, 6.07) is 8.09. The first-order valence-electron chi connectivity index (χ1n) is 5.78. The topological polar surface area (TPSA) is 29.1 Å². The molecule has 0 heterocycles. The monoisotopic (exact) mass is 229 g/mol. The van der Waals surface area contributed by atoms with Gasteiger partial charge in [-0.05, 0) is 38.5 Å². The zero-order chi connectivity index (χ0) is 12.7. The Bertz CT molecular complexity index is 415. The Hall–Kier alpha value is -1.59. The van der Waals surface area contributed by atoms with Crippen molar-refractivity contribution >= 4 is 6.29 Å². The molecule has 0 atom stereocenters. The van der Waals surface area contributed by atoms with E-state index >= 15 is 0 Å². The van der Waals surface area contributed by atoms with Gasteiger partial charge in [-0.3, -0.25) is 0 Å². The highest BCUT2D eigenvalue weighted by Crippen LogP contribution is 2.06. The number of benzene rings is 1. The van der Waals surface area contributed by atoms with Crippen LogP contribution in [-0.2, 0) is 11.3 Å². The lowest BCUT2D eigenvalue weighted by Gasteiger charge is -2.20. The van der Waals surface area contributed by atoms with Crippen LogP contribution in [0, 0.1) is 11.8 Å². The smallest absolute Gasteiger partial charge is 0.131 e. The molecule has 0 spiro atoms. The summed E-state index contributed by atoms with van der Waals surface area (Å²) in [6.07, 6.45) is 1.11. The van der Waals surface area contributed by atoms with Gasteiger partial charge in [0.15, 0.2) is 0 Å². The lowest BCUT2D eigenvalue weighted by molar-refractivity contribution is -0.107. The number of carbonyl (C=O) groups excluding carboxylic acids is 1. The number of hydrogen-bond acceptors (Lipinski definition) is 2. The Morgan fingerprint density at radius 3 is 2.41 bits per heavy atom. The molecular weight excluding hydrogens is 210 g/mol. The van der Waals surface area contributed by atoms with Gasteiger partial charge in [-0.1, -0.05) is 24.0 Å². The Morgan fingerprint density at radius 2 is 1.88 bits per heavy atom. The summed E-state index contributed by atoms with van der Waals surface area (Å²) in [5.74, 6) is 5.74. The molecule has 0 bridgehead atoms. The van der Waals surface area contributed by atoms with Gasteiger partial charge in [0, 0.05) is 17.6 Å². The Labute approximate surface area is 103 Å². The molecule has 2 nitrogen and oxygen atoms in total. The summed E-state index contributed by atoms with van der Waals surface area (Å²) in [5, 5.41) is 3.43. The molecule has 0 aliphatic carbocycles. The van der Waals surface area contributed by atoms with Gasteiger partial charge in [-0.2, -0.15) is 0 Å². The van der Waals surface area contributed by atoms with Crippen molar-refractivity contribution in [1.29, 1.82) is 0 Å². The van der Waals surface area contributed by atoms with Crippen LogP contribution in [0.2, 0.25) is 0 Å². The average Bonchev–Trinajstić information content (AvgIpc) is 2.27. The third-order valence-electron chi connectivity index (χ3n) is 2.19. The van der Waals surface area contributed by atoms with Crippen molar-refractivity contribution in [2.75, 3.05) is 0 Å². The molecule has 0 fully saturated rings. The summed E-state index contributed by atoms with van der Waals surface area (Å²) in [6.45, 7) is 7.29. The third-order valence-corrected chi connectivity index (χ3v) is 2.19. The van der Waals surface area contributed by atoms with Crippen LogP contribution in [0.1, 0.15) is 38.3 Å². The Kier molecular flexibility index (Phi) is 4.93. The molecule has 0 saturated carbocycles. The minimum atomic E-state index is 0.127. The summed E-state index contributed by atoms with van der Waals surface area (Å²) >= 11 is 0. The molecule has 1 rings (SSSR count). The molecule has 0 aliphatic rings. The van der Waals surface area contributed by atoms with Gasteiger partial charge in [0.05, 0.1) is 6.42 Å². The van der Waals surface area contributed by atoms with Crippen molar-refractivity contribution in [3.05, 3.63) is 35.4 Å². The fourth-order valence-electron chi connectivity index (χ4n) is 1.27. The normalized spacial score (nSPS) is 10.5. The Balaban J connectivity index is 2.57. The number of rotatable bonds is 3. The van der Waals surface area contributed by atoms with Crippen LogP contribution in [0.25, 0.3) is 0 Å². The van der Waals surface area contributed by atoms with E-state index in [1.165, 1.54) is 5.56 Å². The van der Waals surface area contributed by atoms with Crippen LogP contribution in [0.15, 0.2) is 24.3 Å². The molecule has 2 heteroatoms. The largest absolute Gasteiger partial charge is 0.308 e. The first kappa shape index (κ1) is 13.5. The minimum absolute atomic E-state index is 0.127. The Morgan fingerprint density at radius 1 is 1.24 bits per heavy atom. The van der Waals surface area contributed by atoms with Crippen LogP contribution in [0.4, 0.5) is 0 Å². The molecule has 0 unspecified atom stereocenters. The van der Waals surface area contributed by atoms with Gasteiger partial charge < -0.3 is 10.1 Å². The number of aldehydes is 1. The summed E-state index contributed by atoms with van der Waals surface area (Å²) in [7, 11) is 0. The van der Waals surface area contributed by atoms with Crippen LogP contribution in [-0.4, -0.2) is 11.8 Å². The third kappa shape index (κ3) is 5.89. The van der Waals surface area contributed by atoms with Crippen LogP contribution in [0.5, 0.6) is 0 Å². The van der Waals surface area contributed by atoms with E-state index in [4.69, 9.17) is 0 Å². The van der Waals surface area contributed by atoms with Gasteiger partial charge in [0.25, 0.3) is 0 Å². The molecule has 90 valence electrons. The molecule has 1 aromatic carbocycles. The quantitative estimate of drug-likeness (QED) is 0.637. The van der Waals surface area contributed by atoms with Crippen molar-refractivity contribution in [1.82, 2.24) is 5.32 Å². The first-order chi connectivity index (χ1) is 8.01. The second-order valence-corrected chi connectivity index (χ2v) is 4.97. The van der Waals surface area contributed by atoms with E-state index in [-0.39, 0.29) is 5.54 Å². The van der Waals surface area contributed by atoms with Crippen molar-refractivity contribution in [3.8, 4) is 11.8 Å². The second-order valence-electron chi connectivity index (χ2n) is 4.97. The maximum atomic E-state index is 10.1. The lowest BCUT2D eigenvalue weighted by atomic mass is 10.1. The van der Waals surface area contributed by atoms with E-state index in [1.807, 2.05) is 12.1 Å². The highest BCUT2D eigenvalue weighted by molar-refractivity contribution is 5.54. The first-order valence-corrected chi connectivity index (χ1v) is 5.78. The van der Waals surface area contributed by atoms with Crippen LogP contribution < -0.4 is 5.32 Å². The van der Waals surface area contributed by atoms with Gasteiger partial charge in [-0.25, -0.2) is 0 Å². The highest BCUT2D eigenvalue weighted by atomic mass is 16.1. The number of nitrogens with one attached hydrogen (secondary N) is 1. The maximum absolute atomic E-state index is 10.1. The molecule has 1 N–H and O–H groups in total. The summed E-state index contributed by atoms with van der Waals surface area (Å²) in [5.41, 5.74) is 2.31. The maximum Gasteiger partial charge on any atom is 0.131 e. The predicted octanol–water partition coefficient (Wildman–Crippen LogP) is 2.52. The van der Waals surface area contributed by atoms with Crippen molar-refractivity contribution in [2.24, 2.45) is 0 Å². The van der Waals surface area contributed by atoms with Gasteiger partial charge in [0.1, 0.15) is 6.29 Å². The van der Waals surface area contributed by atoms with Crippen LogP contribution >= 0.6 is 0 Å². The molecule has 17 heavy (non-hydrogen) atoms. The standard InChI is InChI=1S/C15H19NO/c1-15(2,3)16-12-14-9-7-13(8-10-14)6-4-5-11-17/h7-11,16H,5,12H2,1-3H3. The number of carbonyl (C=O) groups is 1. The molecule has 0 amide bonds. The molecule has 1 aromatic rings. The van der Waals surface area contributed by atoms with Crippen molar-refractivity contribution < 1.29 is 4.79 Å². The lowest BCUT2D eigenvalue weighted by Crippen LogP contribution is -2.35. The number of hydrogen-bond donors (Lipinski definition) is 1. The zero-order valence-electron chi connectivity index (χ0n) is 10.7. The highest BCUT2D eigenvalue weighted by Gasteiger charge is 2.07. The zero-order valence-corrected chi connectivity index (χ0v) is 10.7. The molecule has 0 radical (unpaired) electrons. The van der Waals surface area contributed by atoms with Gasteiger partial charge >= 0.3 is 0 Å².